The van der Waals surface area contributed by atoms with Crippen molar-refractivity contribution < 1.29 is 17.9 Å². The van der Waals surface area contributed by atoms with Crippen LogP contribution in [0.2, 0.25) is 0 Å². The highest BCUT2D eigenvalue weighted by Gasteiger charge is 2.26. The van der Waals surface area contributed by atoms with Gasteiger partial charge >= 0.3 is 5.97 Å². The number of benzene rings is 2. The van der Waals surface area contributed by atoms with E-state index < -0.39 is 16.0 Å². The number of carbonyl (C=O) groups excluding carboxylic acids is 1. The second-order valence-electron chi connectivity index (χ2n) is 8.54. The third-order valence-electron chi connectivity index (χ3n) is 6.07. The number of aromatic nitrogens is 3. The summed E-state index contributed by atoms with van der Waals surface area (Å²) in [5.74, 6) is -0.415. The first-order valence-electron chi connectivity index (χ1n) is 11.5. The largest absolute Gasteiger partial charge is 0.463 e. The van der Waals surface area contributed by atoms with Crippen LogP contribution in [0.1, 0.15) is 18.1 Å². The van der Waals surface area contributed by atoms with Crippen molar-refractivity contribution in [3.8, 4) is 11.3 Å². The maximum Gasteiger partial charge on any atom is 0.330 e. The molecule has 0 amide bonds. The molecule has 3 aromatic heterocycles. The normalized spacial score (nSPS) is 12.1. The fourth-order valence-corrected chi connectivity index (χ4v) is 5.81. The molecule has 0 aliphatic heterocycles. The second kappa shape index (κ2) is 9.13. The van der Waals surface area contributed by atoms with Gasteiger partial charge in [-0.2, -0.15) is 0 Å². The number of nitrogens with zero attached hydrogens (tertiary/aromatic N) is 3. The molecule has 0 saturated carbocycles. The van der Waals surface area contributed by atoms with E-state index in [1.54, 1.807) is 49.5 Å². The summed E-state index contributed by atoms with van der Waals surface area (Å²) in [6.07, 6.45) is 6.58. The fourth-order valence-electron chi connectivity index (χ4n) is 4.33. The van der Waals surface area contributed by atoms with Gasteiger partial charge in [0, 0.05) is 47.4 Å². The molecule has 0 spiro atoms. The van der Waals surface area contributed by atoms with Crippen molar-refractivity contribution in [3.63, 3.8) is 0 Å². The predicted octanol–water partition coefficient (Wildman–Crippen LogP) is 5.32. The summed E-state index contributed by atoms with van der Waals surface area (Å²) in [6, 6.07) is 18.1. The number of fused-ring (bicyclic) bond motifs is 2. The van der Waals surface area contributed by atoms with Crippen molar-refractivity contribution in [1.29, 1.82) is 0 Å². The van der Waals surface area contributed by atoms with Gasteiger partial charge in [0.2, 0.25) is 0 Å². The predicted molar refractivity (Wildman–Crippen MR) is 141 cm³/mol. The van der Waals surface area contributed by atoms with E-state index in [0.717, 1.165) is 33.0 Å². The molecule has 0 atom stereocenters. The van der Waals surface area contributed by atoms with Crippen LogP contribution >= 0.6 is 0 Å². The lowest BCUT2D eigenvalue weighted by Crippen LogP contribution is -2.14. The van der Waals surface area contributed by atoms with Gasteiger partial charge in [-0.05, 0) is 68.0 Å². The van der Waals surface area contributed by atoms with Crippen molar-refractivity contribution in [2.45, 2.75) is 18.7 Å². The van der Waals surface area contributed by atoms with E-state index in [0.29, 0.717) is 17.9 Å². The third kappa shape index (κ3) is 4.09. The molecule has 0 aliphatic carbocycles. The highest BCUT2D eigenvalue weighted by Crippen LogP contribution is 2.36. The minimum absolute atomic E-state index is 0.191. The van der Waals surface area contributed by atoms with Crippen LogP contribution < -0.4 is 0 Å². The van der Waals surface area contributed by atoms with Crippen molar-refractivity contribution in [3.05, 3.63) is 90.3 Å². The van der Waals surface area contributed by atoms with Gasteiger partial charge in [0.15, 0.2) is 5.65 Å². The molecule has 5 aromatic rings. The molecule has 7 nitrogen and oxygen atoms in total. The van der Waals surface area contributed by atoms with Crippen molar-refractivity contribution in [2.75, 3.05) is 6.61 Å². The van der Waals surface area contributed by atoms with Crippen LogP contribution in [0.5, 0.6) is 0 Å². The van der Waals surface area contributed by atoms with E-state index in [1.165, 1.54) is 10.0 Å². The Labute approximate surface area is 209 Å². The molecule has 5 rings (SSSR count). The van der Waals surface area contributed by atoms with Crippen LogP contribution in [0.25, 0.3) is 39.3 Å². The first kappa shape index (κ1) is 23.6. The van der Waals surface area contributed by atoms with Gasteiger partial charge in [-0.15, -0.1) is 0 Å². The lowest BCUT2D eigenvalue weighted by atomic mass is 10.1. The summed E-state index contributed by atoms with van der Waals surface area (Å²) < 4.78 is 36.1. The van der Waals surface area contributed by atoms with Crippen LogP contribution in [-0.2, 0) is 26.6 Å². The fraction of sp³-hybridized carbons (Fsp3) is 0.143. The van der Waals surface area contributed by atoms with Crippen molar-refractivity contribution in [1.82, 2.24) is 13.5 Å². The molecule has 0 radical (unpaired) electrons. The first-order chi connectivity index (χ1) is 17.3. The van der Waals surface area contributed by atoms with Gasteiger partial charge in [0.05, 0.1) is 17.2 Å². The van der Waals surface area contributed by atoms with E-state index >= 15 is 0 Å². The molecule has 0 unspecified atom stereocenters. The monoisotopic (exact) mass is 499 g/mol. The Morgan fingerprint density at radius 2 is 1.86 bits per heavy atom. The zero-order chi connectivity index (χ0) is 25.4. The average Bonchev–Trinajstić information content (AvgIpc) is 3.41. The molecule has 0 fully saturated rings. The molecule has 3 heterocycles. The zero-order valence-electron chi connectivity index (χ0n) is 20.2. The van der Waals surface area contributed by atoms with E-state index in [1.807, 2.05) is 55.1 Å². The Hall–Kier alpha value is -4.17. The van der Waals surface area contributed by atoms with E-state index in [9.17, 15) is 13.2 Å². The lowest BCUT2D eigenvalue weighted by Gasteiger charge is -2.11. The molecule has 0 N–H and O–H groups in total. The molecular weight excluding hydrogens is 474 g/mol. The van der Waals surface area contributed by atoms with Gasteiger partial charge in [-0.25, -0.2) is 22.2 Å². The highest BCUT2D eigenvalue weighted by atomic mass is 32.2. The minimum atomic E-state index is -3.95. The molecule has 182 valence electrons. The van der Waals surface area contributed by atoms with Gasteiger partial charge in [-0.1, -0.05) is 23.8 Å². The number of rotatable bonds is 6. The van der Waals surface area contributed by atoms with Crippen molar-refractivity contribution >= 4 is 44.0 Å². The number of carbonyl (C=O) groups is 1. The molecule has 36 heavy (non-hydrogen) atoms. The van der Waals surface area contributed by atoms with Crippen LogP contribution in [0, 0.1) is 6.92 Å². The number of hydrogen-bond donors (Lipinski definition) is 0. The smallest absolute Gasteiger partial charge is 0.330 e. The van der Waals surface area contributed by atoms with Crippen molar-refractivity contribution in [2.24, 2.45) is 7.05 Å². The van der Waals surface area contributed by atoms with E-state index in [-0.39, 0.29) is 4.90 Å². The Kier molecular flexibility index (Phi) is 5.97. The lowest BCUT2D eigenvalue weighted by molar-refractivity contribution is -0.137. The number of pyridine rings is 1. The topological polar surface area (TPSA) is 83.2 Å². The number of esters is 1. The average molecular weight is 500 g/mol. The van der Waals surface area contributed by atoms with Crippen LogP contribution in [0.15, 0.2) is 84.0 Å². The van der Waals surface area contributed by atoms with Gasteiger partial charge in [0.25, 0.3) is 10.0 Å². The summed E-state index contributed by atoms with van der Waals surface area (Å²) in [5, 5.41) is 1.57. The summed E-state index contributed by atoms with van der Waals surface area (Å²) in [6.45, 7) is 3.98. The Morgan fingerprint density at radius 1 is 1.08 bits per heavy atom. The number of hydrogen-bond acceptors (Lipinski definition) is 5. The first-order valence-corrected chi connectivity index (χ1v) is 13.0. The molecule has 0 saturated heterocycles. The van der Waals surface area contributed by atoms with Gasteiger partial charge < -0.3 is 9.30 Å². The molecule has 2 aromatic carbocycles. The van der Waals surface area contributed by atoms with Crippen LogP contribution in [-0.4, -0.2) is 34.5 Å². The van der Waals surface area contributed by atoms with Gasteiger partial charge in [-0.3, -0.25) is 0 Å². The molecule has 0 aliphatic rings. The standard InChI is InChI=1S/C28H25N3O4S/c1-4-35-27(32)14-10-20-9-13-25-23(16-20)24(18-30(25)3)26-17-21-6-5-15-29-28(21)31(26)36(33,34)22-11-7-19(2)8-12-22/h5-18H,4H2,1-3H3. The van der Waals surface area contributed by atoms with E-state index in [4.69, 9.17) is 4.74 Å². The summed E-state index contributed by atoms with van der Waals surface area (Å²) in [7, 11) is -2.03. The Morgan fingerprint density at radius 3 is 2.61 bits per heavy atom. The molecular formula is C28H25N3O4S. The summed E-state index contributed by atoms with van der Waals surface area (Å²) >= 11 is 0. The van der Waals surface area contributed by atoms with Crippen LogP contribution in [0.3, 0.4) is 0 Å². The zero-order valence-corrected chi connectivity index (χ0v) is 21.0. The molecule has 8 heteroatoms. The van der Waals surface area contributed by atoms with E-state index in [2.05, 4.69) is 4.98 Å². The Bertz CT molecular complexity index is 1740. The minimum Gasteiger partial charge on any atom is -0.463 e. The van der Waals surface area contributed by atoms with Crippen LogP contribution in [0.4, 0.5) is 0 Å². The quantitative estimate of drug-likeness (QED) is 0.233. The van der Waals surface area contributed by atoms with Gasteiger partial charge in [0.1, 0.15) is 0 Å². The summed E-state index contributed by atoms with van der Waals surface area (Å²) in [4.78, 5) is 16.4. The maximum absolute atomic E-state index is 13.9. The second-order valence-corrected chi connectivity index (χ2v) is 10.3. The highest BCUT2D eigenvalue weighted by molar-refractivity contribution is 7.90. The molecule has 0 bridgehead atoms. The Balaban J connectivity index is 1.74. The number of ether oxygens (including phenoxy) is 1. The maximum atomic E-state index is 13.9. The SMILES string of the molecule is CCOC(=O)C=Cc1ccc2c(c1)c(-c1cc3cccnc3n1S(=O)(=O)c1ccc(C)cc1)cn2C. The summed E-state index contributed by atoms with van der Waals surface area (Å²) in [5.41, 5.74) is 4.32. The number of aryl methyl sites for hydroxylation is 2. The third-order valence-corrected chi connectivity index (χ3v) is 7.79.